The molecule has 0 radical (unpaired) electrons. The van der Waals surface area contributed by atoms with Crippen LogP contribution in [0.2, 0.25) is 0 Å². The van der Waals surface area contributed by atoms with Crippen LogP contribution in [0.25, 0.3) is 0 Å². The van der Waals surface area contributed by atoms with E-state index in [0.717, 1.165) is 63.6 Å². The quantitative estimate of drug-likeness (QED) is 0.0418. The Morgan fingerprint density at radius 2 is 1.73 bits per heavy atom. The second-order valence-electron chi connectivity index (χ2n) is 11.4. The average Bonchev–Trinajstić information content (AvgIpc) is 3.25. The molecule has 2 heterocycles. The molecule has 2 saturated heterocycles. The molecule has 0 spiro atoms. The van der Waals surface area contributed by atoms with Gasteiger partial charge in [-0.25, -0.2) is 4.57 Å². The van der Waals surface area contributed by atoms with Crippen molar-refractivity contribution in [2.75, 3.05) is 40.6 Å². The van der Waals surface area contributed by atoms with Gasteiger partial charge in [-0.1, -0.05) is 37.9 Å². The van der Waals surface area contributed by atoms with Crippen molar-refractivity contribution in [3.05, 3.63) is 0 Å². The van der Waals surface area contributed by atoms with Gasteiger partial charge < -0.3 is 49.8 Å². The molecule has 2 rings (SSSR count). The minimum absolute atomic E-state index is 0.0269. The van der Waals surface area contributed by atoms with E-state index in [9.17, 15) is 29.6 Å². The molecule has 256 valence electrons. The SMILES string of the molecule is B[C@@H]1O[C@H](COC)C(OP(=O)(O)OC)[C@@H]1CCCCCCCNC(=S)CCCCO[C@@H]1O[C@H](CO)[C@H](O)[C@H](O)[C@H]1NC(C)=O. The third kappa shape index (κ3) is 13.2. The average molecular weight is 671 g/mol. The highest BCUT2D eigenvalue weighted by molar-refractivity contribution is 7.80. The normalized spacial score (nSPS) is 31.8. The molecule has 0 aromatic rings. The van der Waals surface area contributed by atoms with Gasteiger partial charge >= 0.3 is 7.82 Å². The van der Waals surface area contributed by atoms with Gasteiger partial charge in [-0.15, -0.1) is 0 Å². The first-order valence-electron chi connectivity index (χ1n) is 15.4. The third-order valence-corrected chi connectivity index (χ3v) is 9.28. The minimum Gasteiger partial charge on any atom is -0.394 e. The molecule has 0 aliphatic carbocycles. The van der Waals surface area contributed by atoms with Crippen LogP contribution in [0, 0.1) is 5.92 Å². The van der Waals surface area contributed by atoms with Crippen molar-refractivity contribution >= 4 is 38.8 Å². The number of aliphatic hydroxyl groups is 3. The maximum atomic E-state index is 12.0. The minimum atomic E-state index is -4.14. The number of unbranched alkanes of at least 4 members (excludes halogenated alkanes) is 5. The number of hydrogen-bond acceptors (Lipinski definition) is 12. The molecular formula is C27H52BN2O12PS. The Bertz CT molecular complexity index is 911. The zero-order chi connectivity index (χ0) is 32.7. The van der Waals surface area contributed by atoms with Gasteiger partial charge in [0.25, 0.3) is 0 Å². The highest BCUT2D eigenvalue weighted by Gasteiger charge is 2.46. The van der Waals surface area contributed by atoms with Crippen molar-refractivity contribution in [3.63, 3.8) is 0 Å². The molecule has 2 fully saturated rings. The first-order valence-corrected chi connectivity index (χ1v) is 17.3. The second-order valence-corrected chi connectivity index (χ2v) is 13.4. The Kier molecular flexibility index (Phi) is 18.4. The Morgan fingerprint density at radius 1 is 1.02 bits per heavy atom. The summed E-state index contributed by atoms with van der Waals surface area (Å²) >= 11 is 5.44. The molecule has 0 aromatic heterocycles. The molecular weight excluding hydrogens is 618 g/mol. The van der Waals surface area contributed by atoms with Gasteiger partial charge in [0.1, 0.15) is 44.4 Å². The summed E-state index contributed by atoms with van der Waals surface area (Å²) in [6.45, 7) is 2.16. The van der Waals surface area contributed by atoms with Gasteiger partial charge in [-0.05, 0) is 32.1 Å². The second kappa shape index (κ2) is 20.5. The summed E-state index contributed by atoms with van der Waals surface area (Å²) in [6.07, 6.45) is 2.35. The lowest BCUT2D eigenvalue weighted by Gasteiger charge is -2.42. The van der Waals surface area contributed by atoms with Gasteiger partial charge in [0.15, 0.2) is 6.29 Å². The molecule has 2 aliphatic rings. The number of phosphoric acid groups is 1. The number of carbonyl (C=O) groups excluding carboxylic acids is 1. The van der Waals surface area contributed by atoms with E-state index in [2.05, 4.69) is 15.2 Å². The number of nitrogens with one attached hydrogen (secondary N) is 2. The van der Waals surface area contributed by atoms with Crippen molar-refractivity contribution < 1.29 is 57.6 Å². The lowest BCUT2D eigenvalue weighted by atomic mass is 9.81. The van der Waals surface area contributed by atoms with Crippen LogP contribution < -0.4 is 10.6 Å². The predicted octanol–water partition coefficient (Wildman–Crippen LogP) is 0.127. The highest BCUT2D eigenvalue weighted by atomic mass is 32.1. The van der Waals surface area contributed by atoms with Crippen LogP contribution in [-0.2, 0) is 37.4 Å². The summed E-state index contributed by atoms with van der Waals surface area (Å²) in [5, 5.41) is 35.7. The molecule has 2 unspecified atom stereocenters. The molecule has 6 N–H and O–H groups in total. The fourth-order valence-corrected chi connectivity index (χ4v) is 6.52. The van der Waals surface area contributed by atoms with Crippen molar-refractivity contribution in [1.29, 1.82) is 0 Å². The summed E-state index contributed by atoms with van der Waals surface area (Å²) < 4.78 is 44.5. The lowest BCUT2D eigenvalue weighted by molar-refractivity contribution is -0.270. The summed E-state index contributed by atoms with van der Waals surface area (Å²) in [5.74, 6) is -0.424. The number of rotatable bonds is 21. The van der Waals surface area contributed by atoms with Gasteiger partial charge in [-0.3, -0.25) is 13.8 Å². The molecule has 0 saturated carbocycles. The monoisotopic (exact) mass is 670 g/mol. The zero-order valence-corrected chi connectivity index (χ0v) is 28.0. The number of phosphoric ester groups is 1. The zero-order valence-electron chi connectivity index (χ0n) is 26.3. The summed E-state index contributed by atoms with van der Waals surface area (Å²) in [4.78, 5) is 22.1. The molecule has 44 heavy (non-hydrogen) atoms. The Morgan fingerprint density at radius 3 is 2.39 bits per heavy atom. The van der Waals surface area contributed by atoms with E-state index in [1.54, 1.807) is 7.11 Å². The Hall–Kier alpha value is -0.745. The van der Waals surface area contributed by atoms with Crippen molar-refractivity contribution in [3.8, 4) is 0 Å². The van der Waals surface area contributed by atoms with Crippen LogP contribution in [0.5, 0.6) is 0 Å². The lowest BCUT2D eigenvalue weighted by Crippen LogP contribution is -2.64. The Balaban J connectivity index is 1.57. The number of thiocarbonyl (C=S) groups is 1. The maximum absolute atomic E-state index is 12.0. The highest BCUT2D eigenvalue weighted by Crippen LogP contribution is 2.48. The first kappa shape index (κ1) is 39.4. The van der Waals surface area contributed by atoms with E-state index < -0.39 is 63.2 Å². The number of methoxy groups -OCH3 is 1. The van der Waals surface area contributed by atoms with Crippen molar-refractivity contribution in [2.45, 2.75) is 114 Å². The van der Waals surface area contributed by atoms with E-state index in [4.69, 9.17) is 35.7 Å². The number of hydrogen-bond donors (Lipinski definition) is 6. The van der Waals surface area contributed by atoms with Crippen molar-refractivity contribution in [1.82, 2.24) is 10.6 Å². The first-order chi connectivity index (χ1) is 20.9. The van der Waals surface area contributed by atoms with Crippen LogP contribution in [0.15, 0.2) is 0 Å². The van der Waals surface area contributed by atoms with Crippen LogP contribution in [0.1, 0.15) is 64.7 Å². The number of aliphatic hydroxyl groups excluding tert-OH is 3. The number of amides is 1. The number of carbonyl (C=O) groups is 1. The molecule has 1 amide bonds. The van der Waals surface area contributed by atoms with E-state index in [-0.39, 0.29) is 18.5 Å². The fourth-order valence-electron chi connectivity index (χ4n) is 5.59. The van der Waals surface area contributed by atoms with Crippen LogP contribution in [-0.4, -0.2) is 128 Å². The molecule has 0 aromatic carbocycles. The van der Waals surface area contributed by atoms with E-state index in [1.165, 1.54) is 6.92 Å². The summed E-state index contributed by atoms with van der Waals surface area (Å²) in [7, 11) is 0.509. The standard InChI is InChI=1S/C27H52BN2O12PS/c1-17(32)30-22-24(34)23(33)19(15-31)41-27(22)39-14-10-8-12-21(44)29-13-9-6-4-5-7-11-18-25(42-43(35,36)38-3)20(16-37-2)40-26(18)28/h18-20,22-27,31,33-34H,4-16,28H2,1-3H3,(H,29,44)(H,30,32)(H,35,36)/t18-,19+,20+,22+,23-,24+,25?,26+,27+/m0/s1. The van der Waals surface area contributed by atoms with E-state index >= 15 is 0 Å². The van der Waals surface area contributed by atoms with Gasteiger partial charge in [0, 0.05) is 46.2 Å². The predicted molar refractivity (Wildman–Crippen MR) is 168 cm³/mol. The van der Waals surface area contributed by atoms with Gasteiger partial charge in [-0.2, -0.15) is 0 Å². The maximum Gasteiger partial charge on any atom is 0.472 e. The largest absolute Gasteiger partial charge is 0.472 e. The van der Waals surface area contributed by atoms with Gasteiger partial charge in [0.2, 0.25) is 5.91 Å². The molecule has 2 aliphatic heterocycles. The summed E-state index contributed by atoms with van der Waals surface area (Å²) in [5.41, 5.74) is 0. The fraction of sp³-hybridized carbons (Fsp3) is 0.926. The molecule has 14 nitrogen and oxygen atoms in total. The third-order valence-electron chi connectivity index (χ3n) is 7.96. The van der Waals surface area contributed by atoms with Crippen LogP contribution in [0.3, 0.4) is 0 Å². The van der Waals surface area contributed by atoms with Crippen LogP contribution in [0.4, 0.5) is 0 Å². The molecule has 10 atom stereocenters. The molecule has 0 bridgehead atoms. The molecule has 17 heteroatoms. The number of ether oxygens (including phenoxy) is 4. The van der Waals surface area contributed by atoms with Gasteiger partial charge in [0.05, 0.1) is 18.2 Å². The Labute approximate surface area is 266 Å². The smallest absolute Gasteiger partial charge is 0.394 e. The summed E-state index contributed by atoms with van der Waals surface area (Å²) in [6, 6.07) is -1.06. The van der Waals surface area contributed by atoms with E-state index in [1.807, 2.05) is 7.85 Å². The van der Waals surface area contributed by atoms with E-state index in [0.29, 0.717) is 19.4 Å². The van der Waals surface area contributed by atoms with Crippen LogP contribution >= 0.6 is 20.0 Å². The topological polar surface area (TPSA) is 194 Å². The van der Waals surface area contributed by atoms with Crippen molar-refractivity contribution in [2.24, 2.45) is 5.92 Å².